The molecule has 142 valence electrons. The molecule has 0 spiro atoms. The average molecular weight is 388 g/mol. The Hall–Kier alpha value is -2.83. The molecule has 0 atom stereocenters. The Balaban J connectivity index is 0.00000261. The summed E-state index contributed by atoms with van der Waals surface area (Å²) in [6.07, 6.45) is 3.43. The predicted octanol–water partition coefficient (Wildman–Crippen LogP) is 4.04. The second kappa shape index (κ2) is 9.21. The Labute approximate surface area is 164 Å². The number of hydrogen-bond acceptors (Lipinski definition) is 4. The fourth-order valence-corrected chi connectivity index (χ4v) is 2.88. The Kier molecular flexibility index (Phi) is 6.98. The highest BCUT2D eigenvalue weighted by Crippen LogP contribution is 2.37. The summed E-state index contributed by atoms with van der Waals surface area (Å²) in [5.74, 6) is -0.0850. The average Bonchev–Trinajstić information content (AvgIpc) is 2.78. The smallest absolute Gasteiger partial charge is 0.411 e. The van der Waals surface area contributed by atoms with E-state index in [0.29, 0.717) is 18.0 Å². The van der Waals surface area contributed by atoms with E-state index in [0.717, 1.165) is 16.8 Å². The predicted molar refractivity (Wildman–Crippen MR) is 111 cm³/mol. The summed E-state index contributed by atoms with van der Waals surface area (Å²) in [4.78, 5) is 26.2. The molecule has 6 nitrogen and oxygen atoms in total. The number of carbonyl (C=O) groups excluding carboxylic acids is 2. The number of nitrogens with zero attached hydrogens (tertiary/aromatic N) is 1. The van der Waals surface area contributed by atoms with Crippen molar-refractivity contribution < 1.29 is 14.3 Å². The maximum atomic E-state index is 12.8. The lowest BCUT2D eigenvalue weighted by molar-refractivity contribution is -0.117. The monoisotopic (exact) mass is 387 g/mol. The van der Waals surface area contributed by atoms with Gasteiger partial charge in [0.2, 0.25) is 5.91 Å². The van der Waals surface area contributed by atoms with E-state index in [4.69, 9.17) is 4.74 Å². The summed E-state index contributed by atoms with van der Waals surface area (Å²) in [5, 5.41) is 5.60. The van der Waals surface area contributed by atoms with Crippen LogP contribution >= 0.6 is 12.4 Å². The van der Waals surface area contributed by atoms with E-state index in [1.807, 2.05) is 42.5 Å². The molecule has 1 heterocycles. The van der Waals surface area contributed by atoms with E-state index in [1.54, 1.807) is 31.0 Å². The van der Waals surface area contributed by atoms with E-state index >= 15 is 0 Å². The number of nitrogens with one attached hydrogen (secondary N) is 2. The fourth-order valence-electron chi connectivity index (χ4n) is 2.88. The first-order chi connectivity index (χ1) is 12.6. The Morgan fingerprint density at radius 2 is 1.74 bits per heavy atom. The van der Waals surface area contributed by atoms with Crippen molar-refractivity contribution in [2.75, 3.05) is 30.4 Å². The molecule has 0 saturated heterocycles. The van der Waals surface area contributed by atoms with Gasteiger partial charge in [-0.15, -0.1) is 12.4 Å². The van der Waals surface area contributed by atoms with E-state index in [-0.39, 0.29) is 24.9 Å². The van der Waals surface area contributed by atoms with Gasteiger partial charge in [-0.05, 0) is 43.3 Å². The summed E-state index contributed by atoms with van der Waals surface area (Å²) in [6.45, 7) is 2.24. The highest BCUT2D eigenvalue weighted by molar-refractivity contribution is 6.07. The van der Waals surface area contributed by atoms with Crippen LogP contribution < -0.4 is 15.5 Å². The quantitative estimate of drug-likeness (QED) is 0.830. The molecular formula is C20H22ClN3O3. The van der Waals surface area contributed by atoms with Crippen LogP contribution in [0.4, 0.5) is 21.9 Å². The van der Waals surface area contributed by atoms with E-state index in [9.17, 15) is 9.59 Å². The number of para-hydroxylation sites is 1. The molecule has 0 bridgehead atoms. The number of fused-ring (bicyclic) bond motifs is 2. The maximum absolute atomic E-state index is 12.8. The number of halogens is 1. The van der Waals surface area contributed by atoms with Gasteiger partial charge in [-0.25, -0.2) is 4.79 Å². The summed E-state index contributed by atoms with van der Waals surface area (Å²) < 4.78 is 4.93. The Bertz CT molecular complexity index is 867. The zero-order valence-corrected chi connectivity index (χ0v) is 16.0. The van der Waals surface area contributed by atoms with Crippen LogP contribution in [0.2, 0.25) is 0 Å². The molecule has 3 rings (SSSR count). The fraction of sp³-hybridized carbons (Fsp3) is 0.200. The minimum absolute atomic E-state index is 0. The topological polar surface area (TPSA) is 70.7 Å². The second-order valence-corrected chi connectivity index (χ2v) is 5.77. The number of amides is 2. The van der Waals surface area contributed by atoms with Gasteiger partial charge < -0.3 is 10.1 Å². The number of hydrogen-bond donors (Lipinski definition) is 2. The molecule has 0 aromatic heterocycles. The van der Waals surface area contributed by atoms with E-state index in [2.05, 4.69) is 10.6 Å². The van der Waals surface area contributed by atoms with Gasteiger partial charge in [0, 0.05) is 5.69 Å². The molecule has 2 amide bonds. The summed E-state index contributed by atoms with van der Waals surface area (Å²) in [7, 11) is 1.74. The van der Waals surface area contributed by atoms with Crippen LogP contribution in [-0.4, -0.2) is 32.2 Å². The van der Waals surface area contributed by atoms with Crippen molar-refractivity contribution >= 4 is 53.6 Å². The summed E-state index contributed by atoms with van der Waals surface area (Å²) in [5.41, 5.74) is 3.92. The molecule has 7 heteroatoms. The largest absolute Gasteiger partial charge is 0.450 e. The van der Waals surface area contributed by atoms with Gasteiger partial charge in [-0.1, -0.05) is 36.4 Å². The third-order valence-electron chi connectivity index (χ3n) is 3.99. The normalized spacial score (nSPS) is 11.6. The highest BCUT2D eigenvalue weighted by Gasteiger charge is 2.24. The van der Waals surface area contributed by atoms with E-state index < -0.39 is 6.09 Å². The first-order valence-corrected chi connectivity index (χ1v) is 8.46. The molecule has 2 aromatic carbocycles. The lowest BCUT2D eigenvalue weighted by atomic mass is 10.1. The molecule has 0 saturated carbocycles. The molecule has 1 aliphatic heterocycles. The van der Waals surface area contributed by atoms with Crippen molar-refractivity contribution in [1.29, 1.82) is 0 Å². The molecule has 0 aliphatic carbocycles. The van der Waals surface area contributed by atoms with Crippen LogP contribution in [0.15, 0.2) is 42.5 Å². The van der Waals surface area contributed by atoms with Crippen molar-refractivity contribution in [3.8, 4) is 0 Å². The van der Waals surface area contributed by atoms with Gasteiger partial charge in [0.05, 0.1) is 24.5 Å². The van der Waals surface area contributed by atoms with Crippen molar-refractivity contribution in [3.63, 3.8) is 0 Å². The molecular weight excluding hydrogens is 366 g/mol. The molecule has 0 unspecified atom stereocenters. The molecule has 0 fully saturated rings. The molecule has 27 heavy (non-hydrogen) atoms. The first kappa shape index (κ1) is 20.5. The Morgan fingerprint density at radius 1 is 1.04 bits per heavy atom. The van der Waals surface area contributed by atoms with Crippen LogP contribution in [0.3, 0.4) is 0 Å². The summed E-state index contributed by atoms with van der Waals surface area (Å²) >= 11 is 0. The van der Waals surface area contributed by atoms with Crippen molar-refractivity contribution in [2.24, 2.45) is 0 Å². The molecule has 0 radical (unpaired) electrons. The zero-order valence-electron chi connectivity index (χ0n) is 15.2. The minimum Gasteiger partial charge on any atom is -0.450 e. The second-order valence-electron chi connectivity index (χ2n) is 5.77. The van der Waals surface area contributed by atoms with Crippen LogP contribution in [0, 0.1) is 0 Å². The van der Waals surface area contributed by atoms with Gasteiger partial charge in [-0.2, -0.15) is 0 Å². The van der Waals surface area contributed by atoms with Crippen LogP contribution in [0.1, 0.15) is 18.1 Å². The van der Waals surface area contributed by atoms with Crippen molar-refractivity contribution in [2.45, 2.75) is 6.92 Å². The minimum atomic E-state index is -0.523. The number of rotatable bonds is 4. The number of likely N-dealkylation sites (N-methyl/N-ethyl adjacent to an activating group) is 1. The zero-order chi connectivity index (χ0) is 18.5. The summed E-state index contributed by atoms with van der Waals surface area (Å²) in [6, 6.07) is 13.2. The SMILES string of the molecule is CCOC(=O)Nc1ccc2c(c1)N(C(=O)CNC)c1ccccc1C=C2.Cl. The highest BCUT2D eigenvalue weighted by atomic mass is 35.5. The molecule has 2 aromatic rings. The van der Waals surface area contributed by atoms with Gasteiger partial charge in [0.1, 0.15) is 0 Å². The number of anilines is 3. The standard InChI is InChI=1S/C20H21N3O3.ClH/c1-3-26-20(25)22-16-11-10-15-9-8-14-6-4-5-7-17(14)23(18(15)12-16)19(24)13-21-2;/h4-12,21H,3,13H2,1-2H3,(H,22,25);1H. The van der Waals surface area contributed by atoms with Crippen LogP contribution in [-0.2, 0) is 9.53 Å². The lowest BCUT2D eigenvalue weighted by Crippen LogP contribution is -2.34. The van der Waals surface area contributed by atoms with Crippen LogP contribution in [0.5, 0.6) is 0 Å². The van der Waals surface area contributed by atoms with Crippen molar-refractivity contribution in [1.82, 2.24) is 5.32 Å². The number of carbonyl (C=O) groups is 2. The van der Waals surface area contributed by atoms with E-state index in [1.165, 1.54) is 0 Å². The first-order valence-electron chi connectivity index (χ1n) is 8.46. The van der Waals surface area contributed by atoms with Crippen LogP contribution in [0.25, 0.3) is 12.2 Å². The van der Waals surface area contributed by atoms with Gasteiger partial charge in [-0.3, -0.25) is 15.0 Å². The number of benzene rings is 2. The van der Waals surface area contributed by atoms with Gasteiger partial charge in [0.15, 0.2) is 0 Å². The van der Waals surface area contributed by atoms with Crippen molar-refractivity contribution in [3.05, 3.63) is 53.6 Å². The Morgan fingerprint density at radius 3 is 2.44 bits per heavy atom. The third kappa shape index (κ3) is 4.48. The van der Waals surface area contributed by atoms with Gasteiger partial charge >= 0.3 is 6.09 Å². The lowest BCUT2D eigenvalue weighted by Gasteiger charge is -2.25. The maximum Gasteiger partial charge on any atom is 0.411 e. The third-order valence-corrected chi connectivity index (χ3v) is 3.99. The van der Waals surface area contributed by atoms with Gasteiger partial charge in [0.25, 0.3) is 0 Å². The molecule has 1 aliphatic rings. The molecule has 2 N–H and O–H groups in total. The number of ether oxygens (including phenoxy) is 1.